The lowest BCUT2D eigenvalue weighted by Crippen LogP contribution is -2.25. The van der Waals surface area contributed by atoms with Crippen molar-refractivity contribution in [2.24, 2.45) is 5.73 Å². The third kappa shape index (κ3) is 5.42. The SMILES string of the molecule is Cc1ccc(C(=O)OC(C)CC(C)OC(N)=O)cc1. The van der Waals surface area contributed by atoms with Gasteiger partial charge in [-0.2, -0.15) is 0 Å². The highest BCUT2D eigenvalue weighted by Gasteiger charge is 2.16. The van der Waals surface area contributed by atoms with E-state index < -0.39 is 18.2 Å². The summed E-state index contributed by atoms with van der Waals surface area (Å²) in [6.45, 7) is 5.38. The largest absolute Gasteiger partial charge is 0.459 e. The van der Waals surface area contributed by atoms with E-state index in [1.165, 1.54) is 0 Å². The molecule has 0 bridgehead atoms. The highest BCUT2D eigenvalue weighted by molar-refractivity contribution is 5.89. The number of esters is 1. The molecule has 5 heteroatoms. The number of carbonyl (C=O) groups is 2. The molecule has 0 spiro atoms. The molecule has 0 aliphatic rings. The lowest BCUT2D eigenvalue weighted by atomic mass is 10.1. The van der Waals surface area contributed by atoms with Crippen molar-refractivity contribution in [2.75, 3.05) is 0 Å². The van der Waals surface area contributed by atoms with E-state index in [4.69, 9.17) is 15.2 Å². The predicted octanol–water partition coefficient (Wildman–Crippen LogP) is 2.41. The number of hydrogen-bond donors (Lipinski definition) is 1. The molecule has 2 unspecified atom stereocenters. The summed E-state index contributed by atoms with van der Waals surface area (Å²) < 4.78 is 10.0. The molecule has 0 aliphatic heterocycles. The zero-order chi connectivity index (χ0) is 14.4. The van der Waals surface area contributed by atoms with Crippen molar-refractivity contribution in [2.45, 2.75) is 39.4 Å². The Morgan fingerprint density at radius 3 is 2.16 bits per heavy atom. The zero-order valence-corrected chi connectivity index (χ0v) is 11.4. The molecule has 1 aromatic carbocycles. The Bertz CT molecular complexity index is 441. The van der Waals surface area contributed by atoms with Gasteiger partial charge in [-0.3, -0.25) is 0 Å². The number of aryl methyl sites for hydroxylation is 1. The van der Waals surface area contributed by atoms with Crippen LogP contribution in [0.5, 0.6) is 0 Å². The third-order valence-corrected chi connectivity index (χ3v) is 2.58. The topological polar surface area (TPSA) is 78.6 Å². The van der Waals surface area contributed by atoms with Gasteiger partial charge in [-0.1, -0.05) is 17.7 Å². The number of carbonyl (C=O) groups excluding carboxylic acids is 2. The van der Waals surface area contributed by atoms with Gasteiger partial charge in [0.15, 0.2) is 0 Å². The standard InChI is InChI=1S/C14H19NO4/c1-9-4-6-12(7-5-9)13(16)18-10(2)8-11(3)19-14(15)17/h4-7,10-11H,8H2,1-3H3,(H2,15,17). The number of benzene rings is 1. The summed E-state index contributed by atoms with van der Waals surface area (Å²) in [5.41, 5.74) is 6.48. The van der Waals surface area contributed by atoms with Gasteiger partial charge in [0, 0.05) is 6.42 Å². The van der Waals surface area contributed by atoms with Gasteiger partial charge in [0.1, 0.15) is 12.2 Å². The monoisotopic (exact) mass is 265 g/mol. The summed E-state index contributed by atoms with van der Waals surface area (Å²) >= 11 is 0. The van der Waals surface area contributed by atoms with Gasteiger partial charge in [-0.05, 0) is 32.9 Å². The Kier molecular flexibility index (Phi) is 5.36. The van der Waals surface area contributed by atoms with Crippen molar-refractivity contribution in [3.63, 3.8) is 0 Å². The summed E-state index contributed by atoms with van der Waals surface area (Å²) in [7, 11) is 0. The molecule has 1 rings (SSSR count). The van der Waals surface area contributed by atoms with E-state index in [1.807, 2.05) is 19.1 Å². The summed E-state index contributed by atoms with van der Waals surface area (Å²) in [6, 6.07) is 7.13. The van der Waals surface area contributed by atoms with Crippen LogP contribution < -0.4 is 5.73 Å². The van der Waals surface area contributed by atoms with E-state index >= 15 is 0 Å². The summed E-state index contributed by atoms with van der Waals surface area (Å²) in [6.07, 6.45) is -1.17. The number of nitrogens with two attached hydrogens (primary N) is 1. The maximum absolute atomic E-state index is 11.8. The predicted molar refractivity (Wildman–Crippen MR) is 70.8 cm³/mol. The second-order valence-corrected chi connectivity index (χ2v) is 4.57. The van der Waals surface area contributed by atoms with E-state index in [1.54, 1.807) is 26.0 Å². The number of primary amides is 1. The van der Waals surface area contributed by atoms with Crippen molar-refractivity contribution >= 4 is 12.1 Å². The lowest BCUT2D eigenvalue weighted by Gasteiger charge is -2.17. The van der Waals surface area contributed by atoms with Crippen LogP contribution in [0.15, 0.2) is 24.3 Å². The first-order chi connectivity index (χ1) is 8.88. The highest BCUT2D eigenvalue weighted by Crippen LogP contribution is 2.10. The van der Waals surface area contributed by atoms with Crippen LogP contribution in [0.1, 0.15) is 36.2 Å². The summed E-state index contributed by atoms with van der Waals surface area (Å²) in [4.78, 5) is 22.4. The average molecular weight is 265 g/mol. The first-order valence-electron chi connectivity index (χ1n) is 6.12. The average Bonchev–Trinajstić information content (AvgIpc) is 2.27. The van der Waals surface area contributed by atoms with Crippen molar-refractivity contribution < 1.29 is 19.1 Å². The zero-order valence-electron chi connectivity index (χ0n) is 11.4. The van der Waals surface area contributed by atoms with Crippen LogP contribution in [0.4, 0.5) is 4.79 Å². The second-order valence-electron chi connectivity index (χ2n) is 4.57. The van der Waals surface area contributed by atoms with E-state index in [0.29, 0.717) is 12.0 Å². The number of rotatable bonds is 5. The van der Waals surface area contributed by atoms with E-state index in [9.17, 15) is 9.59 Å². The highest BCUT2D eigenvalue weighted by atomic mass is 16.6. The van der Waals surface area contributed by atoms with Crippen molar-refractivity contribution in [3.05, 3.63) is 35.4 Å². The fraction of sp³-hybridized carbons (Fsp3) is 0.429. The number of amides is 1. The van der Waals surface area contributed by atoms with Crippen LogP contribution in [0.2, 0.25) is 0 Å². The Labute approximate surface area is 112 Å². The van der Waals surface area contributed by atoms with Gasteiger partial charge in [-0.15, -0.1) is 0 Å². The Hall–Kier alpha value is -2.04. The molecule has 5 nitrogen and oxygen atoms in total. The molecule has 0 heterocycles. The van der Waals surface area contributed by atoms with Gasteiger partial charge < -0.3 is 15.2 Å². The molecule has 104 valence electrons. The molecule has 0 fully saturated rings. The van der Waals surface area contributed by atoms with Crippen LogP contribution in [0, 0.1) is 6.92 Å². The normalized spacial score (nSPS) is 13.4. The van der Waals surface area contributed by atoms with Crippen molar-refractivity contribution in [3.8, 4) is 0 Å². The lowest BCUT2D eigenvalue weighted by molar-refractivity contribution is 0.0197. The number of hydrogen-bond acceptors (Lipinski definition) is 4. The minimum Gasteiger partial charge on any atom is -0.459 e. The molecule has 2 N–H and O–H groups in total. The van der Waals surface area contributed by atoms with Gasteiger partial charge in [0.05, 0.1) is 5.56 Å². The second kappa shape index (κ2) is 6.78. The maximum Gasteiger partial charge on any atom is 0.404 e. The quantitative estimate of drug-likeness (QED) is 0.829. The molecular weight excluding hydrogens is 246 g/mol. The van der Waals surface area contributed by atoms with Crippen LogP contribution in [-0.2, 0) is 9.47 Å². The Morgan fingerprint density at radius 1 is 1.11 bits per heavy atom. The summed E-state index contributed by atoms with van der Waals surface area (Å²) in [5.74, 6) is -0.390. The fourth-order valence-electron chi connectivity index (χ4n) is 1.70. The van der Waals surface area contributed by atoms with Gasteiger partial charge in [0.25, 0.3) is 0 Å². The van der Waals surface area contributed by atoms with E-state index in [-0.39, 0.29) is 6.10 Å². The smallest absolute Gasteiger partial charge is 0.404 e. The number of ether oxygens (including phenoxy) is 2. The molecule has 0 saturated carbocycles. The van der Waals surface area contributed by atoms with Gasteiger partial charge >= 0.3 is 12.1 Å². The van der Waals surface area contributed by atoms with E-state index in [0.717, 1.165) is 5.56 Å². The first-order valence-corrected chi connectivity index (χ1v) is 6.12. The van der Waals surface area contributed by atoms with Crippen LogP contribution in [0.3, 0.4) is 0 Å². The van der Waals surface area contributed by atoms with Gasteiger partial charge in [-0.25, -0.2) is 9.59 Å². The third-order valence-electron chi connectivity index (χ3n) is 2.58. The molecule has 0 saturated heterocycles. The van der Waals surface area contributed by atoms with Crippen LogP contribution in [-0.4, -0.2) is 24.3 Å². The van der Waals surface area contributed by atoms with Crippen molar-refractivity contribution in [1.29, 1.82) is 0 Å². The van der Waals surface area contributed by atoms with Crippen LogP contribution >= 0.6 is 0 Å². The summed E-state index contributed by atoms with van der Waals surface area (Å²) in [5, 5.41) is 0. The Morgan fingerprint density at radius 2 is 1.63 bits per heavy atom. The maximum atomic E-state index is 11.8. The Balaban J connectivity index is 2.47. The molecule has 1 aromatic rings. The van der Waals surface area contributed by atoms with Crippen molar-refractivity contribution in [1.82, 2.24) is 0 Å². The molecule has 0 radical (unpaired) electrons. The molecule has 0 aliphatic carbocycles. The minimum absolute atomic E-state index is 0.358. The molecular formula is C14H19NO4. The van der Waals surface area contributed by atoms with Crippen LogP contribution in [0.25, 0.3) is 0 Å². The first kappa shape index (κ1) is 15.0. The van der Waals surface area contributed by atoms with E-state index in [2.05, 4.69) is 0 Å². The molecule has 0 aromatic heterocycles. The molecule has 2 atom stereocenters. The molecule has 19 heavy (non-hydrogen) atoms. The fourth-order valence-corrected chi connectivity index (χ4v) is 1.70. The van der Waals surface area contributed by atoms with Gasteiger partial charge in [0.2, 0.25) is 0 Å². The molecule has 1 amide bonds. The minimum atomic E-state index is -0.829.